The predicted octanol–water partition coefficient (Wildman–Crippen LogP) is 6.97. The van der Waals surface area contributed by atoms with Gasteiger partial charge in [-0.15, -0.1) is 0 Å². The van der Waals surface area contributed by atoms with E-state index in [1.807, 2.05) is 25.1 Å². The fourth-order valence-electron chi connectivity index (χ4n) is 2.32. The zero-order chi connectivity index (χ0) is 16.3. The molecule has 0 radical (unpaired) electrons. The third kappa shape index (κ3) is 4.35. The smallest absolute Gasteiger partial charge is 0.166 e. The van der Waals surface area contributed by atoms with Gasteiger partial charge in [0.1, 0.15) is 0 Å². The SMILES string of the molecule is CC(CCc1c(Br)cccc1Br)c1cccc(C(F)(F)F)c1. The molecule has 0 spiro atoms. The average Bonchev–Trinajstić information content (AvgIpc) is 2.46. The molecule has 0 aromatic heterocycles. The molecule has 0 saturated carbocycles. The molecule has 1 unspecified atom stereocenters. The van der Waals surface area contributed by atoms with Crippen LogP contribution < -0.4 is 0 Å². The van der Waals surface area contributed by atoms with Crippen molar-refractivity contribution in [2.75, 3.05) is 0 Å². The van der Waals surface area contributed by atoms with Crippen molar-refractivity contribution in [2.45, 2.75) is 31.9 Å². The molecule has 0 aliphatic heterocycles. The van der Waals surface area contributed by atoms with Gasteiger partial charge in [0.2, 0.25) is 0 Å². The molecule has 22 heavy (non-hydrogen) atoms. The lowest BCUT2D eigenvalue weighted by atomic mass is 9.93. The van der Waals surface area contributed by atoms with E-state index in [1.54, 1.807) is 6.07 Å². The van der Waals surface area contributed by atoms with Crippen LogP contribution >= 0.6 is 31.9 Å². The van der Waals surface area contributed by atoms with Crippen LogP contribution in [0.3, 0.4) is 0 Å². The predicted molar refractivity (Wildman–Crippen MR) is 90.0 cm³/mol. The molecule has 0 nitrogen and oxygen atoms in total. The fraction of sp³-hybridized carbons (Fsp3) is 0.294. The van der Waals surface area contributed by atoms with Crippen LogP contribution in [-0.2, 0) is 12.6 Å². The Labute approximate surface area is 145 Å². The number of rotatable bonds is 4. The van der Waals surface area contributed by atoms with Gasteiger partial charge in [-0.05, 0) is 48.1 Å². The molecule has 0 aliphatic carbocycles. The van der Waals surface area contributed by atoms with E-state index in [-0.39, 0.29) is 5.92 Å². The van der Waals surface area contributed by atoms with Crippen LogP contribution in [0.2, 0.25) is 0 Å². The van der Waals surface area contributed by atoms with Crippen LogP contribution in [0.15, 0.2) is 51.4 Å². The summed E-state index contributed by atoms with van der Waals surface area (Å²) in [5.74, 6) is 0.0568. The molecule has 118 valence electrons. The van der Waals surface area contributed by atoms with Crippen LogP contribution in [0, 0.1) is 0 Å². The van der Waals surface area contributed by atoms with E-state index in [4.69, 9.17) is 0 Å². The summed E-state index contributed by atoms with van der Waals surface area (Å²) in [6.07, 6.45) is -2.72. The first kappa shape index (κ1) is 17.5. The van der Waals surface area contributed by atoms with E-state index in [9.17, 15) is 13.2 Å². The van der Waals surface area contributed by atoms with Crippen molar-refractivity contribution in [3.63, 3.8) is 0 Å². The molecule has 0 saturated heterocycles. The number of hydrogen-bond donors (Lipinski definition) is 0. The Bertz CT molecular complexity index is 630. The minimum Gasteiger partial charge on any atom is -0.166 e. The Hall–Kier alpha value is -0.810. The van der Waals surface area contributed by atoms with Crippen molar-refractivity contribution in [1.82, 2.24) is 0 Å². The molecular formula is C17H15Br2F3. The summed E-state index contributed by atoms with van der Waals surface area (Å²) in [5, 5.41) is 0. The van der Waals surface area contributed by atoms with Gasteiger partial charge < -0.3 is 0 Å². The number of halogens is 5. The highest BCUT2D eigenvalue weighted by molar-refractivity contribution is 9.11. The minimum atomic E-state index is -4.29. The average molecular weight is 436 g/mol. The largest absolute Gasteiger partial charge is 0.416 e. The molecule has 0 aliphatic rings. The standard InChI is InChI=1S/C17H15Br2F3/c1-11(8-9-14-15(18)6-3-7-16(14)19)12-4-2-5-13(10-12)17(20,21)22/h2-7,10-11H,8-9H2,1H3. The highest BCUT2D eigenvalue weighted by atomic mass is 79.9. The molecule has 5 heteroatoms. The first-order chi connectivity index (χ1) is 10.3. The van der Waals surface area contributed by atoms with Gasteiger partial charge in [0, 0.05) is 8.95 Å². The third-order valence-corrected chi connectivity index (χ3v) is 5.16. The fourth-order valence-corrected chi connectivity index (χ4v) is 3.72. The maximum atomic E-state index is 12.8. The summed E-state index contributed by atoms with van der Waals surface area (Å²) in [4.78, 5) is 0. The van der Waals surface area contributed by atoms with Crippen LogP contribution in [0.25, 0.3) is 0 Å². The lowest BCUT2D eigenvalue weighted by molar-refractivity contribution is -0.137. The molecule has 0 amide bonds. The summed E-state index contributed by atoms with van der Waals surface area (Å²) in [6.45, 7) is 1.96. The molecule has 2 rings (SSSR count). The Morgan fingerprint density at radius 2 is 1.59 bits per heavy atom. The maximum absolute atomic E-state index is 12.8. The molecule has 0 bridgehead atoms. The zero-order valence-corrected chi connectivity index (χ0v) is 15.1. The number of alkyl halides is 3. The molecule has 0 heterocycles. The number of benzene rings is 2. The topological polar surface area (TPSA) is 0 Å². The van der Waals surface area contributed by atoms with E-state index in [2.05, 4.69) is 31.9 Å². The quantitative estimate of drug-likeness (QED) is 0.486. The van der Waals surface area contributed by atoms with Crippen LogP contribution in [0.5, 0.6) is 0 Å². The van der Waals surface area contributed by atoms with E-state index in [0.717, 1.165) is 39.0 Å². The Morgan fingerprint density at radius 1 is 1.00 bits per heavy atom. The summed E-state index contributed by atoms with van der Waals surface area (Å²) < 4.78 is 40.4. The Kier molecular flexibility index (Phi) is 5.72. The highest BCUT2D eigenvalue weighted by Crippen LogP contribution is 2.33. The molecular weight excluding hydrogens is 421 g/mol. The van der Waals surface area contributed by atoms with Gasteiger partial charge in [-0.25, -0.2) is 0 Å². The third-order valence-electron chi connectivity index (χ3n) is 3.67. The summed E-state index contributed by atoms with van der Waals surface area (Å²) >= 11 is 7.02. The second-order valence-electron chi connectivity index (χ2n) is 5.26. The van der Waals surface area contributed by atoms with E-state index >= 15 is 0 Å². The number of hydrogen-bond acceptors (Lipinski definition) is 0. The first-order valence-corrected chi connectivity index (χ1v) is 8.47. The highest BCUT2D eigenvalue weighted by Gasteiger charge is 2.30. The van der Waals surface area contributed by atoms with Gasteiger partial charge in [0.15, 0.2) is 0 Å². The molecule has 1 atom stereocenters. The molecule has 2 aromatic rings. The maximum Gasteiger partial charge on any atom is 0.416 e. The van der Waals surface area contributed by atoms with Gasteiger partial charge in [-0.3, -0.25) is 0 Å². The van der Waals surface area contributed by atoms with Crippen molar-refractivity contribution < 1.29 is 13.2 Å². The zero-order valence-electron chi connectivity index (χ0n) is 11.9. The molecule has 0 N–H and O–H groups in total. The van der Waals surface area contributed by atoms with Gasteiger partial charge in [-0.2, -0.15) is 13.2 Å². The van der Waals surface area contributed by atoms with Crippen molar-refractivity contribution in [1.29, 1.82) is 0 Å². The van der Waals surface area contributed by atoms with Gasteiger partial charge in [0.05, 0.1) is 5.56 Å². The van der Waals surface area contributed by atoms with E-state index in [0.29, 0.717) is 0 Å². The van der Waals surface area contributed by atoms with Crippen molar-refractivity contribution in [3.8, 4) is 0 Å². The van der Waals surface area contributed by atoms with Crippen molar-refractivity contribution in [3.05, 3.63) is 68.1 Å². The van der Waals surface area contributed by atoms with E-state index < -0.39 is 11.7 Å². The van der Waals surface area contributed by atoms with Crippen molar-refractivity contribution >= 4 is 31.9 Å². The second kappa shape index (κ2) is 7.18. The summed E-state index contributed by atoms with van der Waals surface area (Å²) in [5.41, 5.74) is 1.28. The van der Waals surface area contributed by atoms with E-state index in [1.165, 1.54) is 12.1 Å². The second-order valence-corrected chi connectivity index (χ2v) is 6.97. The van der Waals surface area contributed by atoms with Gasteiger partial charge >= 0.3 is 6.18 Å². The summed E-state index contributed by atoms with van der Waals surface area (Å²) in [7, 11) is 0. The van der Waals surface area contributed by atoms with Crippen LogP contribution in [0.4, 0.5) is 13.2 Å². The van der Waals surface area contributed by atoms with Gasteiger partial charge in [-0.1, -0.05) is 63.0 Å². The monoisotopic (exact) mass is 434 g/mol. The Morgan fingerprint density at radius 3 is 2.18 bits per heavy atom. The van der Waals surface area contributed by atoms with Crippen LogP contribution in [0.1, 0.15) is 36.0 Å². The minimum absolute atomic E-state index is 0.0568. The van der Waals surface area contributed by atoms with Crippen molar-refractivity contribution in [2.24, 2.45) is 0 Å². The molecule has 0 fully saturated rings. The van der Waals surface area contributed by atoms with Crippen LogP contribution in [-0.4, -0.2) is 0 Å². The van der Waals surface area contributed by atoms with Gasteiger partial charge in [0.25, 0.3) is 0 Å². The summed E-state index contributed by atoms with van der Waals surface area (Å²) in [6, 6.07) is 11.5. The molecule has 2 aromatic carbocycles. The normalized spacial score (nSPS) is 13.2. The Balaban J connectivity index is 2.11. The lowest BCUT2D eigenvalue weighted by Gasteiger charge is -2.15. The first-order valence-electron chi connectivity index (χ1n) is 6.89. The lowest BCUT2D eigenvalue weighted by Crippen LogP contribution is -2.06.